The SMILES string of the molecule is CCOc1ccc(CC(=O)N2CCC(N3CC(=O)N(c4ccccc4)C3=O)CC2)cc1. The van der Waals surface area contributed by atoms with Gasteiger partial charge in [-0.2, -0.15) is 0 Å². The Morgan fingerprint density at radius 3 is 2.32 bits per heavy atom. The summed E-state index contributed by atoms with van der Waals surface area (Å²) in [6.07, 6.45) is 1.70. The van der Waals surface area contributed by atoms with Gasteiger partial charge in [-0.3, -0.25) is 9.59 Å². The number of piperidine rings is 1. The van der Waals surface area contributed by atoms with Gasteiger partial charge in [-0.05, 0) is 49.6 Å². The van der Waals surface area contributed by atoms with E-state index in [1.165, 1.54) is 4.90 Å². The zero-order chi connectivity index (χ0) is 21.8. The van der Waals surface area contributed by atoms with Crippen molar-refractivity contribution in [2.75, 3.05) is 31.1 Å². The van der Waals surface area contributed by atoms with Crippen LogP contribution in [0.25, 0.3) is 0 Å². The van der Waals surface area contributed by atoms with E-state index in [1.54, 1.807) is 17.0 Å². The number of carbonyl (C=O) groups is 3. The molecule has 2 saturated heterocycles. The van der Waals surface area contributed by atoms with Crippen molar-refractivity contribution in [1.29, 1.82) is 0 Å². The average molecular weight is 421 g/mol. The molecule has 0 N–H and O–H groups in total. The molecule has 0 aromatic heterocycles. The van der Waals surface area contributed by atoms with Crippen molar-refractivity contribution in [3.05, 3.63) is 60.2 Å². The van der Waals surface area contributed by atoms with E-state index in [0.29, 0.717) is 44.6 Å². The van der Waals surface area contributed by atoms with Gasteiger partial charge in [-0.15, -0.1) is 0 Å². The van der Waals surface area contributed by atoms with Crippen LogP contribution >= 0.6 is 0 Å². The highest BCUT2D eigenvalue weighted by molar-refractivity contribution is 6.19. The molecule has 162 valence electrons. The zero-order valence-corrected chi connectivity index (χ0v) is 17.7. The van der Waals surface area contributed by atoms with Crippen LogP contribution in [0.3, 0.4) is 0 Å². The summed E-state index contributed by atoms with van der Waals surface area (Å²) in [6, 6.07) is 16.3. The van der Waals surface area contributed by atoms with Gasteiger partial charge in [-0.1, -0.05) is 30.3 Å². The van der Waals surface area contributed by atoms with Crippen molar-refractivity contribution < 1.29 is 19.1 Å². The molecule has 2 aliphatic heterocycles. The van der Waals surface area contributed by atoms with Gasteiger partial charge >= 0.3 is 6.03 Å². The molecule has 2 fully saturated rings. The third-order valence-corrected chi connectivity index (χ3v) is 5.85. The maximum absolute atomic E-state index is 12.9. The average Bonchev–Trinajstić information content (AvgIpc) is 3.10. The summed E-state index contributed by atoms with van der Waals surface area (Å²) in [5.74, 6) is 0.677. The topological polar surface area (TPSA) is 70.2 Å². The summed E-state index contributed by atoms with van der Waals surface area (Å²) < 4.78 is 5.44. The molecule has 4 amide bonds. The number of anilines is 1. The van der Waals surface area contributed by atoms with Crippen LogP contribution in [-0.4, -0.2) is 59.9 Å². The van der Waals surface area contributed by atoms with Gasteiger partial charge in [0.25, 0.3) is 5.91 Å². The molecule has 0 atom stereocenters. The van der Waals surface area contributed by atoms with Crippen LogP contribution < -0.4 is 9.64 Å². The van der Waals surface area contributed by atoms with Crippen LogP contribution in [0.15, 0.2) is 54.6 Å². The molecule has 0 saturated carbocycles. The molecule has 2 aromatic carbocycles. The highest BCUT2D eigenvalue weighted by Crippen LogP contribution is 2.26. The van der Waals surface area contributed by atoms with Gasteiger partial charge in [0.2, 0.25) is 5.91 Å². The van der Waals surface area contributed by atoms with Crippen LogP contribution in [0.4, 0.5) is 10.5 Å². The first-order chi connectivity index (χ1) is 15.1. The Bertz CT molecular complexity index is 937. The molecule has 7 nitrogen and oxygen atoms in total. The number of ether oxygens (including phenoxy) is 1. The Hall–Kier alpha value is -3.35. The molecule has 4 rings (SSSR count). The largest absolute Gasteiger partial charge is 0.494 e. The number of likely N-dealkylation sites (tertiary alicyclic amines) is 1. The fourth-order valence-electron chi connectivity index (χ4n) is 4.22. The Morgan fingerprint density at radius 1 is 1.00 bits per heavy atom. The van der Waals surface area contributed by atoms with E-state index in [4.69, 9.17) is 4.74 Å². The predicted molar refractivity (Wildman–Crippen MR) is 117 cm³/mol. The smallest absolute Gasteiger partial charge is 0.332 e. The summed E-state index contributed by atoms with van der Waals surface area (Å²) in [5.41, 5.74) is 1.55. The third kappa shape index (κ3) is 4.55. The van der Waals surface area contributed by atoms with E-state index in [1.807, 2.05) is 54.3 Å². The first kappa shape index (κ1) is 20.9. The first-order valence-electron chi connectivity index (χ1n) is 10.7. The second-order valence-corrected chi connectivity index (χ2v) is 7.84. The molecular weight excluding hydrogens is 394 g/mol. The van der Waals surface area contributed by atoms with E-state index in [2.05, 4.69) is 0 Å². The molecule has 0 spiro atoms. The standard InChI is InChI=1S/C24H27N3O4/c1-2-31-21-10-8-18(9-11-21)16-22(28)25-14-12-19(13-15-25)26-17-23(29)27(24(26)30)20-6-4-3-5-7-20/h3-11,19H,2,12-17H2,1H3. The summed E-state index contributed by atoms with van der Waals surface area (Å²) in [5, 5.41) is 0. The summed E-state index contributed by atoms with van der Waals surface area (Å²) in [7, 11) is 0. The number of para-hydroxylation sites is 1. The van der Waals surface area contributed by atoms with Gasteiger partial charge in [-0.25, -0.2) is 9.69 Å². The summed E-state index contributed by atoms with van der Waals surface area (Å²) >= 11 is 0. The van der Waals surface area contributed by atoms with Crippen molar-refractivity contribution >= 4 is 23.5 Å². The second kappa shape index (κ2) is 9.20. The molecule has 0 bridgehead atoms. The van der Waals surface area contributed by atoms with Crippen LogP contribution in [0.5, 0.6) is 5.75 Å². The quantitative estimate of drug-likeness (QED) is 0.672. The normalized spacial score (nSPS) is 17.4. The van der Waals surface area contributed by atoms with E-state index in [0.717, 1.165) is 11.3 Å². The number of hydrogen-bond donors (Lipinski definition) is 0. The number of carbonyl (C=O) groups excluding carboxylic acids is 3. The second-order valence-electron chi connectivity index (χ2n) is 7.84. The fraction of sp³-hybridized carbons (Fsp3) is 0.375. The van der Waals surface area contributed by atoms with Crippen LogP contribution in [0.2, 0.25) is 0 Å². The van der Waals surface area contributed by atoms with Crippen molar-refractivity contribution in [1.82, 2.24) is 9.80 Å². The number of amides is 4. The van der Waals surface area contributed by atoms with Crippen LogP contribution in [0.1, 0.15) is 25.3 Å². The molecule has 31 heavy (non-hydrogen) atoms. The van der Waals surface area contributed by atoms with E-state index in [9.17, 15) is 14.4 Å². The molecule has 7 heteroatoms. The number of benzene rings is 2. The minimum atomic E-state index is -0.268. The Kier molecular flexibility index (Phi) is 6.21. The summed E-state index contributed by atoms with van der Waals surface area (Å²) in [6.45, 7) is 3.82. The van der Waals surface area contributed by atoms with Crippen LogP contribution in [-0.2, 0) is 16.0 Å². The van der Waals surface area contributed by atoms with E-state index < -0.39 is 0 Å². The lowest BCUT2D eigenvalue weighted by atomic mass is 10.0. The van der Waals surface area contributed by atoms with Gasteiger partial charge < -0.3 is 14.5 Å². The van der Waals surface area contributed by atoms with Gasteiger partial charge in [0.15, 0.2) is 0 Å². The number of hydrogen-bond acceptors (Lipinski definition) is 4. The highest BCUT2D eigenvalue weighted by Gasteiger charge is 2.41. The number of nitrogens with zero attached hydrogens (tertiary/aromatic N) is 3. The lowest BCUT2D eigenvalue weighted by Crippen LogP contribution is -2.48. The van der Waals surface area contributed by atoms with Crippen LogP contribution in [0, 0.1) is 0 Å². The molecule has 2 heterocycles. The molecular formula is C24H27N3O4. The predicted octanol–water partition coefficient (Wildman–Crippen LogP) is 3.09. The fourth-order valence-corrected chi connectivity index (χ4v) is 4.22. The lowest BCUT2D eigenvalue weighted by molar-refractivity contribution is -0.132. The Balaban J connectivity index is 1.32. The third-order valence-electron chi connectivity index (χ3n) is 5.85. The Morgan fingerprint density at radius 2 is 1.68 bits per heavy atom. The number of imide groups is 1. The Labute approximate surface area is 182 Å². The maximum atomic E-state index is 12.9. The zero-order valence-electron chi connectivity index (χ0n) is 17.7. The molecule has 0 radical (unpaired) electrons. The highest BCUT2D eigenvalue weighted by atomic mass is 16.5. The van der Waals surface area contributed by atoms with E-state index in [-0.39, 0.29) is 30.4 Å². The lowest BCUT2D eigenvalue weighted by Gasteiger charge is -2.36. The van der Waals surface area contributed by atoms with Crippen molar-refractivity contribution in [2.45, 2.75) is 32.2 Å². The van der Waals surface area contributed by atoms with Gasteiger partial charge in [0, 0.05) is 19.1 Å². The molecule has 2 aromatic rings. The monoisotopic (exact) mass is 421 g/mol. The first-order valence-corrected chi connectivity index (χ1v) is 10.7. The minimum Gasteiger partial charge on any atom is -0.494 e. The maximum Gasteiger partial charge on any atom is 0.332 e. The van der Waals surface area contributed by atoms with Crippen molar-refractivity contribution in [2.24, 2.45) is 0 Å². The number of rotatable bonds is 6. The minimum absolute atomic E-state index is 0.0281. The van der Waals surface area contributed by atoms with Gasteiger partial charge in [0.1, 0.15) is 12.3 Å². The van der Waals surface area contributed by atoms with E-state index >= 15 is 0 Å². The molecule has 2 aliphatic rings. The number of urea groups is 1. The van der Waals surface area contributed by atoms with Gasteiger partial charge in [0.05, 0.1) is 18.7 Å². The van der Waals surface area contributed by atoms with Crippen molar-refractivity contribution in [3.8, 4) is 5.75 Å². The molecule has 0 aliphatic carbocycles. The van der Waals surface area contributed by atoms with Crippen molar-refractivity contribution in [3.63, 3.8) is 0 Å². The molecule has 0 unspecified atom stereocenters. The summed E-state index contributed by atoms with van der Waals surface area (Å²) in [4.78, 5) is 42.8.